The molecule has 2 aromatic rings. The fraction of sp³-hybridized carbons (Fsp3) is 0.154. The number of hydrogen-bond donors (Lipinski definition) is 2. The van der Waals surface area contributed by atoms with Crippen LogP contribution in [0, 0.1) is 0 Å². The van der Waals surface area contributed by atoms with E-state index >= 15 is 0 Å². The largest absolute Gasteiger partial charge is 0.399 e. The van der Waals surface area contributed by atoms with Crippen LogP contribution in [-0.2, 0) is 0 Å². The van der Waals surface area contributed by atoms with Crippen LogP contribution in [0.15, 0.2) is 39.5 Å². The van der Waals surface area contributed by atoms with Gasteiger partial charge in [0.2, 0.25) is 0 Å². The van der Waals surface area contributed by atoms with Gasteiger partial charge in [0.1, 0.15) is 0 Å². The smallest absolute Gasteiger partial charge is 0.252 e. The Balaban J connectivity index is 2.05. The van der Waals surface area contributed by atoms with Crippen LogP contribution in [0.25, 0.3) is 0 Å². The lowest BCUT2D eigenvalue weighted by atomic mass is 10.1. The van der Waals surface area contributed by atoms with Gasteiger partial charge in [-0.05, 0) is 46.6 Å². The summed E-state index contributed by atoms with van der Waals surface area (Å²) in [5.74, 6) is -0.0683. The second-order valence-electron chi connectivity index (χ2n) is 4.00. The Hall–Kier alpha value is -1.33. The van der Waals surface area contributed by atoms with Crippen molar-refractivity contribution in [3.63, 3.8) is 0 Å². The fourth-order valence-electron chi connectivity index (χ4n) is 1.58. The highest BCUT2D eigenvalue weighted by Crippen LogP contribution is 2.21. The Morgan fingerprint density at radius 3 is 2.61 bits per heavy atom. The van der Waals surface area contributed by atoms with Crippen LogP contribution in [0.5, 0.6) is 0 Å². The normalized spacial score (nSPS) is 12.1. The molecule has 0 saturated heterocycles. The summed E-state index contributed by atoms with van der Waals surface area (Å²) in [5, 5.41) is 4.78. The van der Waals surface area contributed by atoms with Gasteiger partial charge in [-0.3, -0.25) is 4.79 Å². The third kappa shape index (κ3) is 3.11. The Morgan fingerprint density at radius 2 is 2.06 bits per heavy atom. The van der Waals surface area contributed by atoms with E-state index in [1.165, 1.54) is 11.3 Å². The zero-order valence-corrected chi connectivity index (χ0v) is 12.2. The molecule has 0 fully saturated rings. The van der Waals surface area contributed by atoms with Gasteiger partial charge in [-0.2, -0.15) is 0 Å². The lowest BCUT2D eigenvalue weighted by Crippen LogP contribution is -2.26. The predicted octanol–water partition coefficient (Wildman–Crippen LogP) is 3.58. The van der Waals surface area contributed by atoms with Crippen LogP contribution in [0.2, 0.25) is 0 Å². The molecule has 1 unspecified atom stereocenters. The lowest BCUT2D eigenvalue weighted by Gasteiger charge is -2.13. The molecule has 3 nitrogen and oxygen atoms in total. The van der Waals surface area contributed by atoms with E-state index in [0.29, 0.717) is 5.56 Å². The second-order valence-corrected chi connectivity index (χ2v) is 6.29. The average Bonchev–Trinajstić information content (AvgIpc) is 2.76. The first-order valence-electron chi connectivity index (χ1n) is 5.46. The van der Waals surface area contributed by atoms with Gasteiger partial charge in [-0.25, -0.2) is 0 Å². The summed E-state index contributed by atoms with van der Waals surface area (Å²) >= 11 is 4.84. The minimum absolute atomic E-state index is 0.0447. The van der Waals surface area contributed by atoms with Crippen LogP contribution >= 0.6 is 27.3 Å². The molecule has 18 heavy (non-hydrogen) atoms. The number of rotatable bonds is 3. The number of carbonyl (C=O) groups is 1. The molecule has 2 rings (SSSR count). The molecule has 0 saturated carbocycles. The molecule has 3 N–H and O–H groups in total. The van der Waals surface area contributed by atoms with Crippen molar-refractivity contribution >= 4 is 38.9 Å². The molecule has 1 aromatic carbocycles. The van der Waals surface area contributed by atoms with E-state index in [1.807, 2.05) is 42.6 Å². The third-order valence-corrected chi connectivity index (χ3v) is 4.12. The summed E-state index contributed by atoms with van der Waals surface area (Å²) in [6.45, 7) is 1.95. The molecule has 0 aliphatic rings. The van der Waals surface area contributed by atoms with Crippen molar-refractivity contribution in [2.24, 2.45) is 0 Å². The van der Waals surface area contributed by atoms with Crippen LogP contribution in [0.4, 0.5) is 5.69 Å². The van der Waals surface area contributed by atoms with E-state index in [1.54, 1.807) is 0 Å². The summed E-state index contributed by atoms with van der Waals surface area (Å²) in [6, 6.07) is 9.28. The number of nitrogen functional groups attached to an aromatic ring is 1. The Kier molecular flexibility index (Phi) is 4.04. The van der Waals surface area contributed by atoms with Gasteiger partial charge in [-0.1, -0.05) is 12.1 Å². The fourth-order valence-corrected chi connectivity index (χ4v) is 2.71. The van der Waals surface area contributed by atoms with Crippen molar-refractivity contribution < 1.29 is 4.79 Å². The van der Waals surface area contributed by atoms with Gasteiger partial charge in [0.05, 0.1) is 15.4 Å². The van der Waals surface area contributed by atoms with Gasteiger partial charge in [0.15, 0.2) is 0 Å². The molecule has 1 heterocycles. The van der Waals surface area contributed by atoms with Crippen molar-refractivity contribution in [1.29, 1.82) is 0 Å². The Morgan fingerprint density at radius 1 is 1.39 bits per heavy atom. The summed E-state index contributed by atoms with van der Waals surface area (Å²) in [4.78, 5) is 12.0. The van der Waals surface area contributed by atoms with Gasteiger partial charge < -0.3 is 11.1 Å². The molecular weight excluding hydrogens is 312 g/mol. The summed E-state index contributed by atoms with van der Waals surface area (Å²) < 4.78 is 0.952. The Labute approximate surface area is 118 Å². The topological polar surface area (TPSA) is 55.1 Å². The van der Waals surface area contributed by atoms with Crippen molar-refractivity contribution in [2.45, 2.75) is 13.0 Å². The van der Waals surface area contributed by atoms with Gasteiger partial charge in [0, 0.05) is 11.1 Å². The number of halogens is 1. The van der Waals surface area contributed by atoms with E-state index in [9.17, 15) is 4.79 Å². The molecule has 0 radical (unpaired) electrons. The van der Waals surface area contributed by atoms with E-state index in [-0.39, 0.29) is 11.9 Å². The highest BCUT2D eigenvalue weighted by molar-refractivity contribution is 9.11. The quantitative estimate of drug-likeness (QED) is 0.848. The first-order chi connectivity index (χ1) is 8.56. The van der Waals surface area contributed by atoms with E-state index in [2.05, 4.69) is 21.2 Å². The molecule has 1 atom stereocenters. The highest BCUT2D eigenvalue weighted by atomic mass is 79.9. The molecule has 0 bridgehead atoms. The molecule has 0 aliphatic heterocycles. The number of nitrogens with two attached hydrogens (primary N) is 1. The summed E-state index contributed by atoms with van der Waals surface area (Å²) in [6.07, 6.45) is 0. The van der Waals surface area contributed by atoms with Crippen molar-refractivity contribution in [3.8, 4) is 0 Å². The second kappa shape index (κ2) is 5.54. The minimum atomic E-state index is -0.0683. The van der Waals surface area contributed by atoms with Crippen LogP contribution in [0.3, 0.4) is 0 Å². The molecule has 0 spiro atoms. The molecular formula is C13H13BrN2OS. The average molecular weight is 325 g/mol. The zero-order chi connectivity index (χ0) is 13.1. The van der Waals surface area contributed by atoms with E-state index < -0.39 is 0 Å². The van der Waals surface area contributed by atoms with Gasteiger partial charge in [-0.15, -0.1) is 11.3 Å². The number of thiophene rings is 1. The van der Waals surface area contributed by atoms with Crippen molar-refractivity contribution in [3.05, 3.63) is 50.6 Å². The standard InChI is InChI=1S/C13H13BrN2OS/c1-8(9-2-4-11(15)5-3-9)16-13(17)10-6-12(14)18-7-10/h2-8H,15H2,1H3,(H,16,17). The Bertz CT molecular complexity index is 550. The number of carbonyl (C=O) groups excluding carboxylic acids is 1. The van der Waals surface area contributed by atoms with Crippen LogP contribution < -0.4 is 11.1 Å². The number of nitrogens with one attached hydrogen (secondary N) is 1. The van der Waals surface area contributed by atoms with Crippen molar-refractivity contribution in [2.75, 3.05) is 5.73 Å². The summed E-state index contributed by atoms with van der Waals surface area (Å²) in [5.41, 5.74) is 8.06. The molecule has 94 valence electrons. The maximum Gasteiger partial charge on any atom is 0.252 e. The first kappa shape index (κ1) is 13.1. The number of amides is 1. The predicted molar refractivity (Wildman–Crippen MR) is 78.8 cm³/mol. The highest BCUT2D eigenvalue weighted by Gasteiger charge is 2.12. The van der Waals surface area contributed by atoms with E-state index in [4.69, 9.17) is 5.73 Å². The van der Waals surface area contributed by atoms with Crippen molar-refractivity contribution in [1.82, 2.24) is 5.32 Å². The number of benzene rings is 1. The SMILES string of the molecule is CC(NC(=O)c1csc(Br)c1)c1ccc(N)cc1. The summed E-state index contributed by atoms with van der Waals surface area (Å²) in [7, 11) is 0. The molecule has 1 amide bonds. The minimum Gasteiger partial charge on any atom is -0.399 e. The van der Waals surface area contributed by atoms with Crippen LogP contribution in [-0.4, -0.2) is 5.91 Å². The lowest BCUT2D eigenvalue weighted by molar-refractivity contribution is 0.0940. The monoisotopic (exact) mass is 324 g/mol. The third-order valence-electron chi connectivity index (χ3n) is 2.61. The molecule has 5 heteroatoms. The zero-order valence-electron chi connectivity index (χ0n) is 9.81. The maximum absolute atomic E-state index is 12.0. The number of anilines is 1. The maximum atomic E-state index is 12.0. The molecule has 1 aromatic heterocycles. The molecule has 0 aliphatic carbocycles. The van der Waals surface area contributed by atoms with Crippen LogP contribution in [0.1, 0.15) is 28.9 Å². The van der Waals surface area contributed by atoms with Gasteiger partial charge in [0.25, 0.3) is 5.91 Å². The first-order valence-corrected chi connectivity index (χ1v) is 7.14. The number of hydrogen-bond acceptors (Lipinski definition) is 3. The van der Waals surface area contributed by atoms with Gasteiger partial charge >= 0.3 is 0 Å². The van der Waals surface area contributed by atoms with E-state index in [0.717, 1.165) is 15.0 Å².